The third-order valence-electron chi connectivity index (χ3n) is 3.57. The zero-order valence-corrected chi connectivity index (χ0v) is 15.2. The van der Waals surface area contributed by atoms with Crippen molar-refractivity contribution in [3.05, 3.63) is 71.8 Å². The monoisotopic (exact) mass is 380 g/mol. The van der Waals surface area contributed by atoms with Crippen molar-refractivity contribution < 1.29 is 34.4 Å². The predicted octanol–water partition coefficient (Wildman–Crippen LogP) is 3.10. The highest BCUT2D eigenvalue weighted by Crippen LogP contribution is 2.08. The van der Waals surface area contributed by atoms with Gasteiger partial charge in [-0.3, -0.25) is 0 Å². The number of aromatic carboxylic acids is 2. The lowest BCUT2D eigenvalue weighted by molar-refractivity contribution is 0.0181. The smallest absolute Gasteiger partial charge is 0.335 e. The zero-order valence-electron chi connectivity index (χ0n) is 15.2. The van der Waals surface area contributed by atoms with Crippen LogP contribution in [0.4, 0.5) is 4.39 Å². The van der Waals surface area contributed by atoms with E-state index < -0.39 is 30.8 Å². The van der Waals surface area contributed by atoms with Gasteiger partial charge >= 0.3 is 11.9 Å². The van der Waals surface area contributed by atoms with E-state index in [9.17, 15) is 14.0 Å². The molecule has 0 fully saturated rings. The van der Waals surface area contributed by atoms with Crippen LogP contribution in [0.15, 0.2) is 60.7 Å². The van der Waals surface area contributed by atoms with Gasteiger partial charge in [0.25, 0.3) is 0 Å². The third-order valence-corrected chi connectivity index (χ3v) is 3.57. The van der Waals surface area contributed by atoms with Gasteiger partial charge in [-0.05, 0) is 31.2 Å². The Balaban J connectivity index is 0.000000376. The number of alkyl halides is 1. The molecular formula is C20H25FO6. The summed E-state index contributed by atoms with van der Waals surface area (Å²) in [5, 5.41) is 34.3. The zero-order chi connectivity index (χ0) is 20.8. The summed E-state index contributed by atoms with van der Waals surface area (Å²) in [5.74, 6) is -2.14. The Kier molecular flexibility index (Phi) is 12.1. The van der Waals surface area contributed by atoms with Gasteiger partial charge in [0.2, 0.25) is 0 Å². The summed E-state index contributed by atoms with van der Waals surface area (Å²) in [6.45, 7) is 2.35. The lowest BCUT2D eigenvalue weighted by Gasteiger charge is -2.17. The van der Waals surface area contributed by atoms with Crippen LogP contribution in [0.25, 0.3) is 0 Å². The van der Waals surface area contributed by atoms with Crippen LogP contribution >= 0.6 is 0 Å². The molecule has 148 valence electrons. The van der Waals surface area contributed by atoms with Crippen LogP contribution in [0.1, 0.15) is 34.6 Å². The van der Waals surface area contributed by atoms with Gasteiger partial charge in [-0.2, -0.15) is 0 Å². The van der Waals surface area contributed by atoms with Gasteiger partial charge in [-0.15, -0.1) is 0 Å². The Bertz CT molecular complexity index is 611. The van der Waals surface area contributed by atoms with Crippen LogP contribution < -0.4 is 0 Å². The number of halogens is 1. The topological polar surface area (TPSA) is 115 Å². The lowest BCUT2D eigenvalue weighted by atomic mass is 10.0. The predicted molar refractivity (Wildman–Crippen MR) is 99.6 cm³/mol. The maximum atomic E-state index is 11.6. The Morgan fingerprint density at radius 1 is 0.815 bits per heavy atom. The number of aliphatic hydroxyl groups excluding tert-OH is 2. The number of benzene rings is 2. The molecule has 0 aliphatic carbocycles. The van der Waals surface area contributed by atoms with Crippen molar-refractivity contribution in [2.45, 2.75) is 26.1 Å². The number of rotatable bonds is 5. The van der Waals surface area contributed by atoms with Crippen LogP contribution in [0, 0.1) is 5.92 Å². The Hall–Kier alpha value is -2.77. The molecule has 2 rings (SSSR count). The Morgan fingerprint density at radius 2 is 1.15 bits per heavy atom. The van der Waals surface area contributed by atoms with E-state index in [4.69, 9.17) is 20.4 Å². The molecule has 7 heteroatoms. The summed E-state index contributed by atoms with van der Waals surface area (Å²) in [6, 6.07) is 16.6. The molecular weight excluding hydrogens is 355 g/mol. The molecule has 0 radical (unpaired) electrons. The highest BCUT2D eigenvalue weighted by molar-refractivity contribution is 5.87. The molecule has 27 heavy (non-hydrogen) atoms. The SMILES string of the molecule is CC(O)C(C)C(O)CF.O=C(O)c1ccccc1.O=C(O)c1ccccc1. The first-order chi connectivity index (χ1) is 12.7. The average molecular weight is 380 g/mol. The number of hydrogen-bond acceptors (Lipinski definition) is 4. The first-order valence-corrected chi connectivity index (χ1v) is 8.19. The van der Waals surface area contributed by atoms with Crippen LogP contribution in [0.5, 0.6) is 0 Å². The van der Waals surface area contributed by atoms with Crippen molar-refractivity contribution in [3.63, 3.8) is 0 Å². The highest BCUT2D eigenvalue weighted by Gasteiger charge is 2.17. The average Bonchev–Trinajstić information content (AvgIpc) is 2.69. The highest BCUT2D eigenvalue weighted by atomic mass is 19.1. The molecule has 0 saturated carbocycles. The van der Waals surface area contributed by atoms with Gasteiger partial charge in [-0.1, -0.05) is 43.3 Å². The molecule has 0 bridgehead atoms. The first-order valence-electron chi connectivity index (χ1n) is 8.19. The quantitative estimate of drug-likeness (QED) is 0.634. The van der Waals surface area contributed by atoms with E-state index in [-0.39, 0.29) is 5.92 Å². The van der Waals surface area contributed by atoms with E-state index in [1.165, 1.54) is 6.92 Å². The van der Waals surface area contributed by atoms with E-state index in [1.807, 2.05) is 0 Å². The summed E-state index contributed by atoms with van der Waals surface area (Å²) in [5.41, 5.74) is 0.662. The van der Waals surface area contributed by atoms with Gasteiger partial charge in [-0.25, -0.2) is 14.0 Å². The van der Waals surface area contributed by atoms with Crippen molar-refractivity contribution in [2.24, 2.45) is 5.92 Å². The van der Waals surface area contributed by atoms with E-state index in [1.54, 1.807) is 67.6 Å². The van der Waals surface area contributed by atoms with Gasteiger partial charge in [0.1, 0.15) is 6.67 Å². The fraction of sp³-hybridized carbons (Fsp3) is 0.300. The normalized spacial score (nSPS) is 12.9. The molecule has 0 amide bonds. The van der Waals surface area contributed by atoms with E-state index in [0.717, 1.165) is 0 Å². The first kappa shape index (κ1) is 24.2. The van der Waals surface area contributed by atoms with Crippen molar-refractivity contribution in [3.8, 4) is 0 Å². The van der Waals surface area contributed by atoms with E-state index >= 15 is 0 Å². The Labute approximate surface area is 157 Å². The van der Waals surface area contributed by atoms with Crippen LogP contribution in [0.2, 0.25) is 0 Å². The minimum Gasteiger partial charge on any atom is -0.478 e. The van der Waals surface area contributed by atoms with Gasteiger partial charge in [0.15, 0.2) is 0 Å². The second-order valence-corrected chi connectivity index (χ2v) is 5.66. The molecule has 0 saturated heterocycles. The van der Waals surface area contributed by atoms with Crippen LogP contribution in [0.3, 0.4) is 0 Å². The van der Waals surface area contributed by atoms with E-state index in [0.29, 0.717) is 11.1 Å². The minimum atomic E-state index is -1.02. The molecule has 0 spiro atoms. The van der Waals surface area contributed by atoms with Gasteiger partial charge in [0.05, 0.1) is 23.3 Å². The van der Waals surface area contributed by atoms with Gasteiger partial charge < -0.3 is 20.4 Å². The van der Waals surface area contributed by atoms with Crippen LogP contribution in [-0.4, -0.2) is 51.2 Å². The second-order valence-electron chi connectivity index (χ2n) is 5.66. The largest absolute Gasteiger partial charge is 0.478 e. The van der Waals surface area contributed by atoms with E-state index in [2.05, 4.69) is 0 Å². The molecule has 3 atom stereocenters. The number of hydrogen-bond donors (Lipinski definition) is 4. The standard InChI is InChI=1S/2C7H6O2.C6H13FO2/c2*8-7(9)6-4-2-1-3-5-6;1-4(5(2)8)6(9)3-7/h2*1-5H,(H,8,9);4-6,8-9H,3H2,1-2H3. The molecule has 0 aliphatic rings. The van der Waals surface area contributed by atoms with Crippen molar-refractivity contribution >= 4 is 11.9 Å². The molecule has 4 N–H and O–H groups in total. The number of aliphatic hydroxyl groups is 2. The number of carboxylic acid groups (broad SMARTS) is 2. The second kappa shape index (κ2) is 13.4. The summed E-state index contributed by atoms with van der Waals surface area (Å²) >= 11 is 0. The molecule has 6 nitrogen and oxygen atoms in total. The molecule has 0 aliphatic heterocycles. The number of carbonyl (C=O) groups is 2. The summed E-state index contributed by atoms with van der Waals surface area (Å²) < 4.78 is 11.6. The molecule has 0 heterocycles. The summed E-state index contributed by atoms with van der Waals surface area (Å²) in [6.07, 6.45) is -1.67. The third kappa shape index (κ3) is 10.7. The number of carboxylic acids is 2. The Morgan fingerprint density at radius 3 is 1.30 bits per heavy atom. The fourth-order valence-electron chi connectivity index (χ4n) is 1.62. The molecule has 2 aromatic rings. The lowest BCUT2D eigenvalue weighted by Crippen LogP contribution is -2.28. The van der Waals surface area contributed by atoms with Crippen molar-refractivity contribution in [2.75, 3.05) is 6.67 Å². The maximum Gasteiger partial charge on any atom is 0.335 e. The molecule has 2 aromatic carbocycles. The fourth-order valence-corrected chi connectivity index (χ4v) is 1.62. The van der Waals surface area contributed by atoms with Crippen molar-refractivity contribution in [1.82, 2.24) is 0 Å². The molecule has 3 unspecified atom stereocenters. The minimum absolute atomic E-state index is 0.331. The maximum absolute atomic E-state index is 11.6. The van der Waals surface area contributed by atoms with Gasteiger partial charge in [0, 0.05) is 5.92 Å². The summed E-state index contributed by atoms with van der Waals surface area (Å²) in [7, 11) is 0. The van der Waals surface area contributed by atoms with Crippen LogP contribution in [-0.2, 0) is 0 Å². The molecule has 0 aromatic heterocycles. The van der Waals surface area contributed by atoms with Crippen molar-refractivity contribution in [1.29, 1.82) is 0 Å². The summed E-state index contributed by atoms with van der Waals surface area (Å²) in [4.78, 5) is 20.4.